The van der Waals surface area contributed by atoms with Crippen molar-refractivity contribution in [1.29, 1.82) is 0 Å². The molecule has 0 N–H and O–H groups in total. The minimum Gasteiger partial charge on any atom is -0.268 e. The lowest BCUT2D eigenvalue weighted by Crippen LogP contribution is -2.27. The number of amides is 1. The predicted molar refractivity (Wildman–Crippen MR) is 95.1 cm³/mol. The van der Waals surface area contributed by atoms with Crippen LogP contribution >= 0.6 is 24.0 Å². The molecule has 0 atom stereocenters. The summed E-state index contributed by atoms with van der Waals surface area (Å²) in [7, 11) is 0. The normalized spacial score (nSPS) is 16.7. The van der Waals surface area contributed by atoms with Crippen LogP contribution in [-0.2, 0) is 4.79 Å². The minimum absolute atomic E-state index is 0.136. The van der Waals surface area contributed by atoms with Crippen LogP contribution < -0.4 is 4.90 Å². The molecule has 1 aliphatic heterocycles. The fourth-order valence-electron chi connectivity index (χ4n) is 2.38. The summed E-state index contributed by atoms with van der Waals surface area (Å²) in [4.78, 5) is 18.8. The van der Waals surface area contributed by atoms with Gasteiger partial charge in [0, 0.05) is 18.0 Å². The van der Waals surface area contributed by atoms with Gasteiger partial charge in [0.15, 0.2) is 4.32 Å². The van der Waals surface area contributed by atoms with E-state index in [0.717, 1.165) is 11.1 Å². The quantitative estimate of drug-likeness (QED) is 0.531. The smallest absolute Gasteiger partial charge is 0.268 e. The molecule has 1 fully saturated rings. The lowest BCUT2D eigenvalue weighted by molar-refractivity contribution is -0.113. The van der Waals surface area contributed by atoms with E-state index < -0.39 is 0 Å². The average molecular weight is 338 g/mol. The van der Waals surface area contributed by atoms with Crippen molar-refractivity contribution in [3.8, 4) is 0 Å². The monoisotopic (exact) mass is 338 g/mol. The second-order valence-corrected chi connectivity index (χ2v) is 6.53. The number of carbonyl (C=O) groups is 1. The van der Waals surface area contributed by atoms with Gasteiger partial charge in [-0.2, -0.15) is 5.10 Å². The highest BCUT2D eigenvalue weighted by Crippen LogP contribution is 2.36. The number of hydrogen-bond acceptors (Lipinski definition) is 5. The first-order chi connectivity index (χ1) is 11.2. The topological polar surface area (TPSA) is 50.5 Å². The van der Waals surface area contributed by atoms with Crippen molar-refractivity contribution in [1.82, 2.24) is 14.6 Å². The van der Waals surface area contributed by atoms with E-state index in [2.05, 4.69) is 10.1 Å². The molecule has 0 bridgehead atoms. The van der Waals surface area contributed by atoms with E-state index in [1.165, 1.54) is 16.7 Å². The van der Waals surface area contributed by atoms with Crippen LogP contribution in [0.25, 0.3) is 11.6 Å². The van der Waals surface area contributed by atoms with Gasteiger partial charge in [-0.15, -0.1) is 0 Å². The summed E-state index contributed by atoms with van der Waals surface area (Å²) in [6.45, 7) is 0. The lowest BCUT2D eigenvalue weighted by atomic mass is 10.2. The highest BCUT2D eigenvalue weighted by atomic mass is 32.2. The Morgan fingerprint density at radius 1 is 1.17 bits per heavy atom. The molecular weight excluding hydrogens is 328 g/mol. The Morgan fingerprint density at radius 3 is 2.91 bits per heavy atom. The number of pyridine rings is 2. The second-order valence-electron chi connectivity index (χ2n) is 4.86. The Morgan fingerprint density at radius 2 is 2.09 bits per heavy atom. The Bertz CT molecular complexity index is 949. The number of thiocarbonyl (C=S) groups is 1. The molecule has 0 unspecified atom stereocenters. The Balaban J connectivity index is 1.73. The first-order valence-electron chi connectivity index (χ1n) is 6.84. The van der Waals surface area contributed by atoms with Gasteiger partial charge in [-0.05, 0) is 30.3 Å². The van der Waals surface area contributed by atoms with Gasteiger partial charge in [0.25, 0.3) is 5.91 Å². The molecule has 112 valence electrons. The zero-order valence-electron chi connectivity index (χ0n) is 11.8. The second kappa shape index (κ2) is 5.60. The molecule has 1 saturated heterocycles. The number of thioether (sulfide) groups is 1. The van der Waals surface area contributed by atoms with Gasteiger partial charge in [-0.25, -0.2) is 4.52 Å². The Hall–Kier alpha value is -2.51. The van der Waals surface area contributed by atoms with E-state index >= 15 is 0 Å². The molecule has 4 heterocycles. The Kier molecular flexibility index (Phi) is 3.44. The number of carbonyl (C=O) groups excluding carboxylic acids is 1. The standard InChI is InChI=1S/C16H10N4OS2/c21-15-14(8-11-9-18-19-7-2-1-5-13(11)19)23-16(22)20(15)12-4-3-6-17-10-12/h1-10H/b14-8-. The summed E-state index contributed by atoms with van der Waals surface area (Å²) >= 11 is 6.63. The van der Waals surface area contributed by atoms with Crippen LogP contribution in [-0.4, -0.2) is 24.8 Å². The van der Waals surface area contributed by atoms with Gasteiger partial charge < -0.3 is 0 Å². The number of rotatable bonds is 2. The third-order valence-electron chi connectivity index (χ3n) is 3.44. The van der Waals surface area contributed by atoms with Gasteiger partial charge in [0.2, 0.25) is 0 Å². The zero-order chi connectivity index (χ0) is 15.8. The fourth-order valence-corrected chi connectivity index (χ4v) is 3.67. The number of fused-ring (bicyclic) bond motifs is 1. The van der Waals surface area contributed by atoms with E-state index in [1.807, 2.05) is 36.5 Å². The van der Waals surface area contributed by atoms with Gasteiger partial charge in [0.1, 0.15) is 0 Å². The molecule has 1 aliphatic rings. The third-order valence-corrected chi connectivity index (χ3v) is 4.74. The largest absolute Gasteiger partial charge is 0.270 e. The third kappa shape index (κ3) is 2.43. The maximum absolute atomic E-state index is 12.7. The molecule has 0 spiro atoms. The zero-order valence-corrected chi connectivity index (χ0v) is 13.4. The molecule has 23 heavy (non-hydrogen) atoms. The first-order valence-corrected chi connectivity index (χ1v) is 8.07. The van der Waals surface area contributed by atoms with Crippen molar-refractivity contribution in [2.75, 3.05) is 4.90 Å². The van der Waals surface area contributed by atoms with Gasteiger partial charge >= 0.3 is 0 Å². The highest BCUT2D eigenvalue weighted by Gasteiger charge is 2.33. The van der Waals surface area contributed by atoms with Crippen molar-refractivity contribution < 1.29 is 4.79 Å². The molecule has 4 rings (SSSR count). The summed E-state index contributed by atoms with van der Waals surface area (Å²) < 4.78 is 2.28. The molecule has 0 aromatic carbocycles. The molecule has 3 aromatic rings. The van der Waals surface area contributed by atoms with E-state index in [-0.39, 0.29) is 5.91 Å². The van der Waals surface area contributed by atoms with E-state index in [4.69, 9.17) is 12.2 Å². The van der Waals surface area contributed by atoms with E-state index in [1.54, 1.807) is 29.2 Å². The minimum atomic E-state index is -0.136. The van der Waals surface area contributed by atoms with Crippen molar-refractivity contribution in [2.45, 2.75) is 0 Å². The molecule has 0 aliphatic carbocycles. The number of anilines is 1. The maximum atomic E-state index is 12.7. The number of nitrogens with zero attached hydrogens (tertiary/aromatic N) is 4. The lowest BCUT2D eigenvalue weighted by Gasteiger charge is -2.13. The summed E-state index contributed by atoms with van der Waals surface area (Å²) in [6, 6.07) is 9.40. The van der Waals surface area contributed by atoms with Crippen LogP contribution in [0, 0.1) is 0 Å². The van der Waals surface area contributed by atoms with Crippen LogP contribution in [0.5, 0.6) is 0 Å². The van der Waals surface area contributed by atoms with Crippen LogP contribution in [0.3, 0.4) is 0 Å². The summed E-state index contributed by atoms with van der Waals surface area (Å²) in [5, 5.41) is 4.28. The average Bonchev–Trinajstić information content (AvgIpc) is 3.10. The predicted octanol–water partition coefficient (Wildman–Crippen LogP) is 3.14. The van der Waals surface area contributed by atoms with Crippen molar-refractivity contribution in [3.05, 3.63) is 65.6 Å². The van der Waals surface area contributed by atoms with Crippen molar-refractivity contribution in [2.24, 2.45) is 0 Å². The van der Waals surface area contributed by atoms with Crippen LogP contribution in [0.2, 0.25) is 0 Å². The molecule has 1 amide bonds. The first kappa shape index (κ1) is 14.1. The highest BCUT2D eigenvalue weighted by molar-refractivity contribution is 8.27. The SMILES string of the molecule is O=C1/C(=C/c2cnn3ccccc23)SC(=S)N1c1cccnc1. The molecule has 7 heteroatoms. The number of aromatic nitrogens is 3. The molecule has 5 nitrogen and oxygen atoms in total. The van der Waals surface area contributed by atoms with Crippen LogP contribution in [0.15, 0.2) is 60.0 Å². The van der Waals surface area contributed by atoms with E-state index in [0.29, 0.717) is 14.9 Å². The summed E-state index contributed by atoms with van der Waals surface area (Å²) in [6.07, 6.45) is 8.73. The number of hydrogen-bond donors (Lipinski definition) is 0. The maximum Gasteiger partial charge on any atom is 0.270 e. The van der Waals surface area contributed by atoms with Crippen molar-refractivity contribution >= 4 is 51.5 Å². The summed E-state index contributed by atoms with van der Waals surface area (Å²) in [5.74, 6) is -0.136. The van der Waals surface area contributed by atoms with Gasteiger partial charge in [-0.3, -0.25) is 14.7 Å². The fraction of sp³-hybridized carbons (Fsp3) is 0. The molecule has 0 radical (unpaired) electrons. The van der Waals surface area contributed by atoms with E-state index in [9.17, 15) is 4.79 Å². The molecule has 0 saturated carbocycles. The van der Waals surface area contributed by atoms with Crippen LogP contribution in [0.4, 0.5) is 5.69 Å². The van der Waals surface area contributed by atoms with Gasteiger partial charge in [-0.1, -0.05) is 30.0 Å². The molecular formula is C16H10N4OS2. The van der Waals surface area contributed by atoms with Crippen molar-refractivity contribution in [3.63, 3.8) is 0 Å². The summed E-state index contributed by atoms with van der Waals surface area (Å²) in [5.41, 5.74) is 2.51. The van der Waals surface area contributed by atoms with Gasteiger partial charge in [0.05, 0.1) is 28.5 Å². The molecule has 3 aromatic heterocycles. The Labute approximate surface area is 141 Å². The van der Waals surface area contributed by atoms with Crippen LogP contribution in [0.1, 0.15) is 5.56 Å².